The first-order valence-electron chi connectivity index (χ1n) is 8.34. The molecule has 0 unspecified atom stereocenters. The van der Waals surface area contributed by atoms with Crippen LogP contribution in [0, 0.1) is 12.7 Å². The van der Waals surface area contributed by atoms with Crippen molar-refractivity contribution in [1.29, 1.82) is 0 Å². The number of carbonyl (C=O) groups excluding carboxylic acids is 1. The standard InChI is InChI=1S/C18H15FN6O2S/c1-10-20-16(23-25(10)12-5-3-11(19)4-6-12)18(27)24(2)9-14-21-13-7-8-28-15(13)17(26)22-14/h3-8H,9H2,1-2H3,(H,21,22,26). The number of rotatable bonds is 4. The fourth-order valence-corrected chi connectivity index (χ4v) is 3.50. The number of thiophene rings is 1. The minimum Gasteiger partial charge on any atom is -0.331 e. The van der Waals surface area contributed by atoms with E-state index in [0.717, 1.165) is 0 Å². The maximum atomic E-state index is 13.1. The number of hydrogen-bond donors (Lipinski definition) is 1. The summed E-state index contributed by atoms with van der Waals surface area (Å²) >= 11 is 1.31. The monoisotopic (exact) mass is 398 g/mol. The van der Waals surface area contributed by atoms with Crippen molar-refractivity contribution in [3.8, 4) is 5.69 Å². The van der Waals surface area contributed by atoms with Crippen LogP contribution in [-0.2, 0) is 6.54 Å². The normalized spacial score (nSPS) is 11.1. The van der Waals surface area contributed by atoms with Crippen LogP contribution < -0.4 is 5.56 Å². The molecule has 0 bridgehead atoms. The molecule has 0 aliphatic carbocycles. The number of H-pyrrole nitrogens is 1. The van der Waals surface area contributed by atoms with E-state index in [-0.39, 0.29) is 23.7 Å². The maximum Gasteiger partial charge on any atom is 0.293 e. The van der Waals surface area contributed by atoms with Crippen LogP contribution in [0.4, 0.5) is 4.39 Å². The van der Waals surface area contributed by atoms with Crippen molar-refractivity contribution in [2.45, 2.75) is 13.5 Å². The quantitative estimate of drug-likeness (QED) is 0.569. The molecule has 28 heavy (non-hydrogen) atoms. The molecule has 0 atom stereocenters. The molecular formula is C18H15FN6O2S. The SMILES string of the molecule is Cc1nc(C(=O)N(C)Cc2nc3ccsc3c(=O)[nH]2)nn1-c1ccc(F)cc1. The summed E-state index contributed by atoms with van der Waals surface area (Å²) in [4.78, 5) is 37.4. The van der Waals surface area contributed by atoms with Gasteiger partial charge in [-0.15, -0.1) is 16.4 Å². The molecule has 1 N–H and O–H groups in total. The van der Waals surface area contributed by atoms with Crippen molar-refractivity contribution < 1.29 is 9.18 Å². The summed E-state index contributed by atoms with van der Waals surface area (Å²) in [7, 11) is 1.58. The highest BCUT2D eigenvalue weighted by Gasteiger charge is 2.20. The van der Waals surface area contributed by atoms with E-state index in [1.54, 1.807) is 37.6 Å². The number of aryl methyl sites for hydroxylation is 1. The Bertz CT molecular complexity index is 1230. The van der Waals surface area contributed by atoms with Crippen molar-refractivity contribution in [2.24, 2.45) is 0 Å². The molecule has 8 nitrogen and oxygen atoms in total. The Balaban J connectivity index is 1.57. The molecule has 3 heterocycles. The lowest BCUT2D eigenvalue weighted by Crippen LogP contribution is -2.29. The van der Waals surface area contributed by atoms with E-state index in [4.69, 9.17) is 0 Å². The molecule has 0 aliphatic heterocycles. The average Bonchev–Trinajstić information content (AvgIpc) is 3.28. The zero-order valence-corrected chi connectivity index (χ0v) is 15.8. The second kappa shape index (κ2) is 6.97. The van der Waals surface area contributed by atoms with Gasteiger partial charge in [-0.1, -0.05) is 0 Å². The molecule has 0 saturated carbocycles. The van der Waals surface area contributed by atoms with Crippen molar-refractivity contribution in [2.75, 3.05) is 7.05 Å². The lowest BCUT2D eigenvalue weighted by molar-refractivity contribution is 0.0769. The summed E-state index contributed by atoms with van der Waals surface area (Å²) in [5.41, 5.74) is 0.964. The van der Waals surface area contributed by atoms with E-state index >= 15 is 0 Å². The summed E-state index contributed by atoms with van der Waals surface area (Å²) in [6.07, 6.45) is 0. The third kappa shape index (κ3) is 3.29. The molecule has 0 spiro atoms. The number of aromatic amines is 1. The second-order valence-corrected chi connectivity index (χ2v) is 7.10. The fraction of sp³-hybridized carbons (Fsp3) is 0.167. The van der Waals surface area contributed by atoms with Gasteiger partial charge in [-0.25, -0.2) is 19.0 Å². The van der Waals surface area contributed by atoms with E-state index in [1.165, 1.54) is 33.1 Å². The minimum atomic E-state index is -0.419. The summed E-state index contributed by atoms with van der Waals surface area (Å²) < 4.78 is 15.1. The number of halogens is 1. The van der Waals surface area contributed by atoms with E-state index < -0.39 is 5.91 Å². The molecule has 0 fully saturated rings. The van der Waals surface area contributed by atoms with Crippen molar-refractivity contribution >= 4 is 27.5 Å². The van der Waals surface area contributed by atoms with Crippen LogP contribution in [0.5, 0.6) is 0 Å². The van der Waals surface area contributed by atoms with Gasteiger partial charge < -0.3 is 9.88 Å². The molecule has 4 rings (SSSR count). The predicted octanol–water partition coefficient (Wildman–Crippen LogP) is 2.29. The Hall–Kier alpha value is -3.40. The molecule has 0 saturated heterocycles. The molecule has 0 radical (unpaired) electrons. The maximum absolute atomic E-state index is 13.1. The first-order valence-corrected chi connectivity index (χ1v) is 9.22. The molecule has 10 heteroatoms. The third-order valence-electron chi connectivity index (χ3n) is 4.13. The van der Waals surface area contributed by atoms with E-state index in [9.17, 15) is 14.0 Å². The van der Waals surface area contributed by atoms with Gasteiger partial charge in [0.15, 0.2) is 0 Å². The number of fused-ring (bicyclic) bond motifs is 1. The van der Waals surface area contributed by atoms with Gasteiger partial charge in [-0.2, -0.15) is 0 Å². The highest BCUT2D eigenvalue weighted by molar-refractivity contribution is 7.17. The van der Waals surface area contributed by atoms with Gasteiger partial charge in [0.2, 0.25) is 5.82 Å². The Morgan fingerprint density at radius 1 is 1.25 bits per heavy atom. The Labute approximate surface area is 162 Å². The van der Waals surface area contributed by atoms with Crippen molar-refractivity contribution in [1.82, 2.24) is 29.6 Å². The van der Waals surface area contributed by atoms with Gasteiger partial charge >= 0.3 is 0 Å². The van der Waals surface area contributed by atoms with Gasteiger partial charge in [-0.3, -0.25) is 9.59 Å². The van der Waals surface area contributed by atoms with Gasteiger partial charge in [0.1, 0.15) is 22.2 Å². The van der Waals surface area contributed by atoms with E-state index in [2.05, 4.69) is 20.1 Å². The van der Waals surface area contributed by atoms with Crippen LogP contribution in [-0.4, -0.2) is 42.6 Å². The van der Waals surface area contributed by atoms with Crippen molar-refractivity contribution in [3.05, 3.63) is 69.4 Å². The van der Waals surface area contributed by atoms with Crippen LogP contribution in [0.15, 0.2) is 40.5 Å². The summed E-state index contributed by atoms with van der Waals surface area (Å²) in [6, 6.07) is 7.49. The molecule has 142 valence electrons. The largest absolute Gasteiger partial charge is 0.331 e. The topological polar surface area (TPSA) is 96.8 Å². The Morgan fingerprint density at radius 3 is 2.75 bits per heavy atom. The van der Waals surface area contributed by atoms with Crippen LogP contribution in [0.2, 0.25) is 0 Å². The number of nitrogens with one attached hydrogen (secondary N) is 1. The van der Waals surface area contributed by atoms with Crippen LogP contribution in [0.3, 0.4) is 0 Å². The van der Waals surface area contributed by atoms with Crippen molar-refractivity contribution in [3.63, 3.8) is 0 Å². The van der Waals surface area contributed by atoms with Gasteiger partial charge in [0.05, 0.1) is 17.7 Å². The number of nitrogens with zero attached hydrogens (tertiary/aromatic N) is 5. The molecule has 4 aromatic rings. The van der Waals surface area contributed by atoms with Gasteiger partial charge in [0, 0.05) is 7.05 Å². The first-order chi connectivity index (χ1) is 13.4. The highest BCUT2D eigenvalue weighted by Crippen LogP contribution is 2.15. The van der Waals surface area contributed by atoms with Gasteiger partial charge in [0.25, 0.3) is 11.5 Å². The summed E-state index contributed by atoms with van der Waals surface area (Å²) in [5.74, 6) is 0.0953. The predicted molar refractivity (Wildman–Crippen MR) is 102 cm³/mol. The number of aromatic nitrogens is 5. The molecule has 1 amide bonds. The first kappa shape index (κ1) is 18.0. The van der Waals surface area contributed by atoms with E-state index in [0.29, 0.717) is 27.6 Å². The summed E-state index contributed by atoms with van der Waals surface area (Å²) in [6.45, 7) is 1.81. The highest BCUT2D eigenvalue weighted by atomic mass is 32.1. The zero-order chi connectivity index (χ0) is 19.8. The number of amides is 1. The number of hydrogen-bond acceptors (Lipinski definition) is 6. The molecule has 1 aromatic carbocycles. The smallest absolute Gasteiger partial charge is 0.293 e. The lowest BCUT2D eigenvalue weighted by Gasteiger charge is -2.14. The molecule has 0 aliphatic rings. The third-order valence-corrected chi connectivity index (χ3v) is 5.03. The summed E-state index contributed by atoms with van der Waals surface area (Å²) in [5, 5.41) is 6.02. The second-order valence-electron chi connectivity index (χ2n) is 6.18. The molecular weight excluding hydrogens is 383 g/mol. The zero-order valence-electron chi connectivity index (χ0n) is 15.0. The van der Waals surface area contributed by atoms with Crippen LogP contribution >= 0.6 is 11.3 Å². The van der Waals surface area contributed by atoms with E-state index in [1.807, 2.05) is 0 Å². The number of carbonyl (C=O) groups is 1. The lowest BCUT2D eigenvalue weighted by atomic mass is 10.3. The fourth-order valence-electron chi connectivity index (χ4n) is 2.77. The minimum absolute atomic E-state index is 0.00304. The molecule has 3 aromatic heterocycles. The van der Waals surface area contributed by atoms with Crippen LogP contribution in [0.25, 0.3) is 15.9 Å². The average molecular weight is 398 g/mol. The van der Waals surface area contributed by atoms with Gasteiger partial charge in [-0.05, 0) is 42.6 Å². The Kier molecular flexibility index (Phi) is 4.47. The van der Waals surface area contributed by atoms with Crippen LogP contribution in [0.1, 0.15) is 22.3 Å². The Morgan fingerprint density at radius 2 is 2.00 bits per heavy atom. The number of benzene rings is 1.